The van der Waals surface area contributed by atoms with E-state index in [0.717, 1.165) is 13.0 Å². The van der Waals surface area contributed by atoms with E-state index in [9.17, 15) is 0 Å². The smallest absolute Gasteiger partial charge is 0.0781 e. The lowest BCUT2D eigenvalue weighted by Crippen LogP contribution is -2.14. The molecule has 0 aliphatic heterocycles. The molecule has 1 aromatic rings. The number of ether oxygens (including phenoxy) is 1. The topological polar surface area (TPSA) is 9.23 Å². The predicted octanol–water partition coefficient (Wildman–Crippen LogP) is 4.18. The fourth-order valence-electron chi connectivity index (χ4n) is 1.30. The highest BCUT2D eigenvalue weighted by molar-refractivity contribution is 6.80. The average molecular weight is 246 g/mol. The van der Waals surface area contributed by atoms with Gasteiger partial charge in [0.05, 0.1) is 21.3 Å². The summed E-state index contributed by atoms with van der Waals surface area (Å²) < 4.78 is 5.58. The van der Waals surface area contributed by atoms with Gasteiger partial charge in [0, 0.05) is 0 Å². The molecule has 0 saturated heterocycles. The molecule has 0 radical (unpaired) electrons. The van der Waals surface area contributed by atoms with Gasteiger partial charge in [-0.3, -0.25) is 0 Å². The molecule has 0 heterocycles. The summed E-state index contributed by atoms with van der Waals surface area (Å²) in [5.41, 5.74) is 6.71. The lowest BCUT2D eigenvalue weighted by atomic mass is 10.2. The minimum Gasteiger partial charge on any atom is -0.376 e. The molecule has 1 nitrogen and oxygen atoms in total. The third-order valence-electron chi connectivity index (χ3n) is 2.15. The van der Waals surface area contributed by atoms with Crippen molar-refractivity contribution in [2.75, 3.05) is 6.61 Å². The number of benzene rings is 1. The Kier molecular flexibility index (Phi) is 5.99. The van der Waals surface area contributed by atoms with E-state index in [4.69, 9.17) is 4.74 Å². The molecule has 0 fully saturated rings. The maximum atomic E-state index is 5.58. The second-order valence-corrected chi connectivity index (χ2v) is 10.2. The molecule has 0 aromatic heterocycles. The minimum atomic E-state index is -1.09. The molecule has 0 unspecified atom stereocenters. The molecule has 92 valence electrons. The zero-order chi connectivity index (χ0) is 12.6. The van der Waals surface area contributed by atoms with Gasteiger partial charge in [-0.1, -0.05) is 55.7 Å². The maximum absolute atomic E-state index is 5.58. The fraction of sp³-hybridized carbons (Fsp3) is 0.400. The molecular formula is C15H22OSi. The summed E-state index contributed by atoms with van der Waals surface area (Å²) in [5.74, 6) is 0. The number of hydrogen-bond acceptors (Lipinski definition) is 1. The van der Waals surface area contributed by atoms with E-state index >= 15 is 0 Å². The van der Waals surface area contributed by atoms with Gasteiger partial charge in [0.1, 0.15) is 0 Å². The molecule has 0 N–H and O–H groups in total. The monoisotopic (exact) mass is 246 g/mol. The molecule has 0 atom stereocenters. The molecule has 17 heavy (non-hydrogen) atoms. The van der Waals surface area contributed by atoms with Crippen molar-refractivity contribution in [3.8, 4) is 0 Å². The summed E-state index contributed by atoms with van der Waals surface area (Å²) in [6.07, 6.45) is 3.01. The van der Waals surface area contributed by atoms with Gasteiger partial charge in [-0.25, -0.2) is 0 Å². The SMILES string of the molecule is C[Si](C)(C)C=C=CCCOCc1ccccc1. The van der Waals surface area contributed by atoms with Crippen LogP contribution in [0.25, 0.3) is 0 Å². The van der Waals surface area contributed by atoms with Crippen molar-refractivity contribution in [1.29, 1.82) is 0 Å². The first-order valence-corrected chi connectivity index (χ1v) is 9.69. The zero-order valence-corrected chi connectivity index (χ0v) is 12.1. The van der Waals surface area contributed by atoms with E-state index in [0.29, 0.717) is 6.61 Å². The molecule has 2 heteroatoms. The fourth-order valence-corrected chi connectivity index (χ4v) is 1.92. The van der Waals surface area contributed by atoms with Crippen molar-refractivity contribution in [3.63, 3.8) is 0 Å². The summed E-state index contributed by atoms with van der Waals surface area (Å²) in [6, 6.07) is 10.3. The molecule has 0 aliphatic rings. The Labute approximate surface area is 106 Å². The van der Waals surface area contributed by atoms with E-state index in [1.54, 1.807) is 0 Å². The van der Waals surface area contributed by atoms with Crippen molar-refractivity contribution in [1.82, 2.24) is 0 Å². The Hall–Kier alpha value is -1.08. The van der Waals surface area contributed by atoms with E-state index in [1.807, 2.05) is 18.2 Å². The lowest BCUT2D eigenvalue weighted by molar-refractivity contribution is 0.125. The zero-order valence-electron chi connectivity index (χ0n) is 11.1. The van der Waals surface area contributed by atoms with Gasteiger partial charge < -0.3 is 4.74 Å². The Bertz CT molecular complexity index is 370. The summed E-state index contributed by atoms with van der Waals surface area (Å²) >= 11 is 0. The first-order valence-electron chi connectivity index (χ1n) is 6.12. The maximum Gasteiger partial charge on any atom is 0.0781 e. The van der Waals surface area contributed by atoms with Crippen LogP contribution in [0.15, 0.2) is 47.8 Å². The predicted molar refractivity (Wildman–Crippen MR) is 76.7 cm³/mol. The number of rotatable bonds is 6. The second-order valence-electron chi connectivity index (χ2n) is 5.21. The average Bonchev–Trinajstić information content (AvgIpc) is 2.28. The third kappa shape index (κ3) is 7.75. The van der Waals surface area contributed by atoms with Gasteiger partial charge >= 0.3 is 0 Å². The van der Waals surface area contributed by atoms with Crippen molar-refractivity contribution in [2.24, 2.45) is 0 Å². The Balaban J connectivity index is 2.15. The number of hydrogen-bond donors (Lipinski definition) is 0. The van der Waals surface area contributed by atoms with Crippen molar-refractivity contribution >= 4 is 8.07 Å². The Morgan fingerprint density at radius 2 is 1.88 bits per heavy atom. The second kappa shape index (κ2) is 7.28. The summed E-state index contributed by atoms with van der Waals surface area (Å²) in [4.78, 5) is 0. The van der Waals surface area contributed by atoms with Crippen LogP contribution in [0.4, 0.5) is 0 Å². The first kappa shape index (κ1) is 14.0. The highest BCUT2D eigenvalue weighted by atomic mass is 28.3. The third-order valence-corrected chi connectivity index (χ3v) is 3.18. The Morgan fingerprint density at radius 1 is 1.18 bits per heavy atom. The molecule has 1 aromatic carbocycles. The van der Waals surface area contributed by atoms with Crippen LogP contribution in [-0.4, -0.2) is 14.7 Å². The highest BCUT2D eigenvalue weighted by Crippen LogP contribution is 2.02. The van der Waals surface area contributed by atoms with E-state index < -0.39 is 8.07 Å². The molecular weight excluding hydrogens is 224 g/mol. The van der Waals surface area contributed by atoms with Gasteiger partial charge in [-0.2, -0.15) is 0 Å². The van der Waals surface area contributed by atoms with Crippen LogP contribution in [0, 0.1) is 0 Å². The normalized spacial score (nSPS) is 10.8. The van der Waals surface area contributed by atoms with Gasteiger partial charge in [0.25, 0.3) is 0 Å². The quantitative estimate of drug-likeness (QED) is 0.415. The van der Waals surface area contributed by atoms with Gasteiger partial charge in [0.15, 0.2) is 0 Å². The summed E-state index contributed by atoms with van der Waals surface area (Å²) in [7, 11) is -1.09. The molecule has 0 saturated carbocycles. The van der Waals surface area contributed by atoms with Gasteiger partial charge in [0.2, 0.25) is 0 Å². The summed E-state index contributed by atoms with van der Waals surface area (Å²) in [5, 5.41) is 0. The van der Waals surface area contributed by atoms with Crippen LogP contribution >= 0.6 is 0 Å². The van der Waals surface area contributed by atoms with Crippen LogP contribution in [0.3, 0.4) is 0 Å². The molecule has 0 bridgehead atoms. The standard InChI is InChI=1S/C15H22OSi/c1-17(2,3)13-9-5-8-12-16-14-15-10-6-4-7-11-15/h4-7,10-11,13H,8,12,14H2,1-3H3. The largest absolute Gasteiger partial charge is 0.376 e. The molecule has 0 spiro atoms. The minimum absolute atomic E-state index is 0.701. The van der Waals surface area contributed by atoms with Gasteiger partial charge in [-0.15, -0.1) is 5.73 Å². The van der Waals surface area contributed by atoms with E-state index in [1.165, 1.54) is 5.56 Å². The van der Waals surface area contributed by atoms with Crippen molar-refractivity contribution in [3.05, 3.63) is 53.4 Å². The van der Waals surface area contributed by atoms with Crippen LogP contribution in [0.1, 0.15) is 12.0 Å². The lowest BCUT2D eigenvalue weighted by Gasteiger charge is -2.05. The van der Waals surface area contributed by atoms with Crippen LogP contribution < -0.4 is 0 Å². The van der Waals surface area contributed by atoms with Gasteiger partial charge in [-0.05, 0) is 18.1 Å². The van der Waals surface area contributed by atoms with Crippen LogP contribution in [-0.2, 0) is 11.3 Å². The summed E-state index contributed by atoms with van der Waals surface area (Å²) in [6.45, 7) is 8.38. The van der Waals surface area contributed by atoms with Crippen molar-refractivity contribution in [2.45, 2.75) is 32.7 Å². The first-order chi connectivity index (χ1) is 8.08. The van der Waals surface area contributed by atoms with E-state index in [2.05, 4.69) is 49.3 Å². The van der Waals surface area contributed by atoms with Crippen LogP contribution in [0.2, 0.25) is 19.6 Å². The molecule has 0 amide bonds. The Morgan fingerprint density at radius 3 is 2.53 bits per heavy atom. The highest BCUT2D eigenvalue weighted by Gasteiger charge is 2.05. The van der Waals surface area contributed by atoms with Crippen molar-refractivity contribution < 1.29 is 4.74 Å². The van der Waals surface area contributed by atoms with Crippen LogP contribution in [0.5, 0.6) is 0 Å². The molecule has 0 aliphatic carbocycles. The molecule has 1 rings (SSSR count). The van der Waals surface area contributed by atoms with E-state index in [-0.39, 0.29) is 0 Å².